The fourth-order valence-electron chi connectivity index (χ4n) is 1.01. The summed E-state index contributed by atoms with van der Waals surface area (Å²) in [5.74, 6) is -0.778. The van der Waals surface area contributed by atoms with Gasteiger partial charge >= 0.3 is 16.1 Å². The highest BCUT2D eigenvalue weighted by molar-refractivity contribution is 7.85. The van der Waals surface area contributed by atoms with Gasteiger partial charge in [0.1, 0.15) is 0 Å². The molecule has 1 aromatic rings. The van der Waals surface area contributed by atoms with E-state index < -0.39 is 16.1 Å². The zero-order valence-electron chi connectivity index (χ0n) is 9.28. The van der Waals surface area contributed by atoms with Crippen LogP contribution in [0, 0.1) is 0 Å². The van der Waals surface area contributed by atoms with E-state index >= 15 is 0 Å². The van der Waals surface area contributed by atoms with E-state index in [9.17, 15) is 13.2 Å². The van der Waals surface area contributed by atoms with Crippen LogP contribution in [0.25, 0.3) is 0 Å². The fourth-order valence-corrected chi connectivity index (χ4v) is 1.22. The number of nitrogens with zero attached hydrogens (tertiary/aromatic N) is 1. The van der Waals surface area contributed by atoms with Crippen LogP contribution in [0.15, 0.2) is 35.5 Å². The van der Waals surface area contributed by atoms with E-state index in [4.69, 9.17) is 0 Å². The third kappa shape index (κ3) is 4.23. The molecule has 0 fully saturated rings. The largest absolute Gasteiger partial charge is 0.464 e. The van der Waals surface area contributed by atoms with E-state index in [2.05, 4.69) is 14.2 Å². The number of hydrogen-bond acceptors (Lipinski definition) is 6. The Balaban J connectivity index is 3.10. The van der Waals surface area contributed by atoms with Crippen LogP contribution in [-0.2, 0) is 23.9 Å². The summed E-state index contributed by atoms with van der Waals surface area (Å²) in [5, 5.41) is 3.29. The van der Waals surface area contributed by atoms with Crippen molar-refractivity contribution in [2.45, 2.75) is 0 Å². The van der Waals surface area contributed by atoms with Crippen LogP contribution in [0.5, 0.6) is 0 Å². The predicted octanol–water partition coefficient (Wildman–Crippen LogP) is 0.540. The van der Waals surface area contributed by atoms with Crippen LogP contribution in [0.2, 0.25) is 0 Å². The molecule has 7 heteroatoms. The van der Waals surface area contributed by atoms with Crippen molar-refractivity contribution < 1.29 is 22.2 Å². The summed E-state index contributed by atoms with van der Waals surface area (Å²) in [5.41, 5.74) is 0.196. The lowest BCUT2D eigenvalue weighted by Gasteiger charge is -2.03. The van der Waals surface area contributed by atoms with Gasteiger partial charge in [-0.25, -0.2) is 4.79 Å². The lowest BCUT2D eigenvalue weighted by Crippen LogP contribution is -2.18. The van der Waals surface area contributed by atoms with E-state index in [1.54, 1.807) is 30.3 Å². The first-order valence-corrected chi connectivity index (χ1v) is 6.36. The van der Waals surface area contributed by atoms with Gasteiger partial charge in [0, 0.05) is 5.56 Å². The third-order valence-electron chi connectivity index (χ3n) is 1.69. The van der Waals surface area contributed by atoms with Gasteiger partial charge < -0.3 is 4.74 Å². The lowest BCUT2D eigenvalue weighted by atomic mass is 10.1. The molecule has 0 aliphatic rings. The molecule has 1 rings (SSSR count). The van der Waals surface area contributed by atoms with E-state index in [1.165, 1.54) is 7.11 Å². The quantitative estimate of drug-likeness (QED) is 0.446. The summed E-state index contributed by atoms with van der Waals surface area (Å²) in [6, 6.07) is 8.26. The lowest BCUT2D eigenvalue weighted by molar-refractivity contribution is -0.132. The first-order chi connectivity index (χ1) is 7.94. The zero-order chi connectivity index (χ0) is 12.9. The summed E-state index contributed by atoms with van der Waals surface area (Å²) >= 11 is 0. The Bertz CT molecular complexity index is 521. The minimum Gasteiger partial charge on any atom is -0.464 e. The van der Waals surface area contributed by atoms with Crippen LogP contribution in [-0.4, -0.2) is 33.5 Å². The SMILES string of the molecule is COC(=O)C(=NOS(C)(=O)=O)c1ccccc1. The number of benzene rings is 1. The third-order valence-corrected chi connectivity index (χ3v) is 2.04. The summed E-state index contributed by atoms with van der Waals surface area (Å²) in [4.78, 5) is 11.4. The number of carbonyl (C=O) groups is 1. The monoisotopic (exact) mass is 257 g/mol. The van der Waals surface area contributed by atoms with Crippen molar-refractivity contribution >= 4 is 21.8 Å². The Morgan fingerprint density at radius 3 is 2.29 bits per heavy atom. The first kappa shape index (κ1) is 13.2. The second-order valence-electron chi connectivity index (χ2n) is 3.08. The molecule has 0 saturated heterocycles. The zero-order valence-corrected chi connectivity index (χ0v) is 10.1. The molecule has 0 heterocycles. The molecule has 0 N–H and O–H groups in total. The van der Waals surface area contributed by atoms with Crippen molar-refractivity contribution in [1.29, 1.82) is 0 Å². The van der Waals surface area contributed by atoms with Crippen LogP contribution in [0.4, 0.5) is 0 Å². The molecule has 0 aliphatic heterocycles. The van der Waals surface area contributed by atoms with Crippen LogP contribution < -0.4 is 0 Å². The smallest absolute Gasteiger partial charge is 0.360 e. The van der Waals surface area contributed by atoms with Crippen LogP contribution >= 0.6 is 0 Å². The van der Waals surface area contributed by atoms with Gasteiger partial charge in [-0.05, 0) is 0 Å². The van der Waals surface area contributed by atoms with Crippen LogP contribution in [0.1, 0.15) is 5.56 Å². The fraction of sp³-hybridized carbons (Fsp3) is 0.200. The molecule has 17 heavy (non-hydrogen) atoms. The van der Waals surface area contributed by atoms with Gasteiger partial charge in [-0.1, -0.05) is 35.5 Å². The normalized spacial score (nSPS) is 12.0. The molecule has 0 bridgehead atoms. The van der Waals surface area contributed by atoms with Gasteiger partial charge in [0.2, 0.25) is 0 Å². The topological polar surface area (TPSA) is 82.0 Å². The Labute approximate surface area is 99.0 Å². The molecular formula is C10H11NO5S. The molecular weight excluding hydrogens is 246 g/mol. The van der Waals surface area contributed by atoms with Gasteiger partial charge in [-0.3, -0.25) is 4.28 Å². The second-order valence-corrected chi connectivity index (χ2v) is 4.63. The van der Waals surface area contributed by atoms with E-state index in [0.717, 1.165) is 6.26 Å². The Hall–Kier alpha value is -1.89. The van der Waals surface area contributed by atoms with E-state index in [0.29, 0.717) is 5.56 Å². The number of oxime groups is 1. The van der Waals surface area contributed by atoms with Gasteiger partial charge in [0.05, 0.1) is 13.4 Å². The molecule has 0 radical (unpaired) electrons. The van der Waals surface area contributed by atoms with Gasteiger partial charge in [-0.15, -0.1) is 0 Å². The number of methoxy groups -OCH3 is 1. The summed E-state index contributed by atoms with van der Waals surface area (Å²) in [7, 11) is -2.60. The minimum absolute atomic E-state index is 0.210. The molecule has 6 nitrogen and oxygen atoms in total. The van der Waals surface area contributed by atoms with Crippen molar-refractivity contribution in [1.82, 2.24) is 0 Å². The highest BCUT2D eigenvalue weighted by Crippen LogP contribution is 2.04. The Morgan fingerprint density at radius 2 is 1.82 bits per heavy atom. The number of carbonyl (C=O) groups excluding carboxylic acids is 1. The number of hydrogen-bond donors (Lipinski definition) is 0. The van der Waals surface area contributed by atoms with Crippen molar-refractivity contribution in [3.63, 3.8) is 0 Å². The highest BCUT2D eigenvalue weighted by atomic mass is 32.2. The molecule has 0 amide bonds. The highest BCUT2D eigenvalue weighted by Gasteiger charge is 2.16. The average molecular weight is 257 g/mol. The van der Waals surface area contributed by atoms with Gasteiger partial charge in [-0.2, -0.15) is 8.42 Å². The van der Waals surface area contributed by atoms with Crippen LogP contribution in [0.3, 0.4) is 0 Å². The van der Waals surface area contributed by atoms with E-state index in [1.807, 2.05) is 0 Å². The van der Waals surface area contributed by atoms with Gasteiger partial charge in [0.25, 0.3) is 0 Å². The minimum atomic E-state index is -3.76. The molecule has 0 saturated carbocycles. The summed E-state index contributed by atoms with van der Waals surface area (Å²) < 4.78 is 30.3. The Kier molecular flexibility index (Phi) is 4.22. The predicted molar refractivity (Wildman–Crippen MR) is 60.9 cm³/mol. The standard InChI is InChI=1S/C10H11NO5S/c1-15-10(12)9(11-16-17(2,13)14)8-6-4-3-5-7-8/h3-7H,1-2H3. The molecule has 0 unspecified atom stereocenters. The molecule has 0 aliphatic carbocycles. The first-order valence-electron chi connectivity index (χ1n) is 4.54. The van der Waals surface area contributed by atoms with Crippen molar-refractivity contribution in [3.8, 4) is 0 Å². The van der Waals surface area contributed by atoms with Crippen molar-refractivity contribution in [2.24, 2.45) is 5.16 Å². The average Bonchev–Trinajstić information content (AvgIpc) is 2.29. The molecule has 0 spiro atoms. The molecule has 1 aromatic carbocycles. The number of esters is 1. The van der Waals surface area contributed by atoms with Crippen molar-refractivity contribution in [2.75, 3.05) is 13.4 Å². The summed E-state index contributed by atoms with van der Waals surface area (Å²) in [6.45, 7) is 0. The second kappa shape index (κ2) is 5.44. The molecule has 0 atom stereocenters. The maximum absolute atomic E-state index is 11.4. The van der Waals surface area contributed by atoms with E-state index in [-0.39, 0.29) is 5.71 Å². The number of ether oxygens (including phenoxy) is 1. The summed E-state index contributed by atoms with van der Waals surface area (Å²) in [6.07, 6.45) is 0.830. The molecule has 0 aromatic heterocycles. The van der Waals surface area contributed by atoms with Gasteiger partial charge in [0.15, 0.2) is 5.71 Å². The number of rotatable bonds is 4. The maximum atomic E-state index is 11.4. The molecule has 92 valence electrons. The Morgan fingerprint density at radius 1 is 1.24 bits per heavy atom. The van der Waals surface area contributed by atoms with Crippen molar-refractivity contribution in [3.05, 3.63) is 35.9 Å². The maximum Gasteiger partial charge on any atom is 0.360 e.